The molecule has 0 aliphatic rings. The molecule has 112 valence electrons. The lowest BCUT2D eigenvalue weighted by Gasteiger charge is -2.00. The van der Waals surface area contributed by atoms with Crippen LogP contribution in [0.3, 0.4) is 0 Å². The molecule has 0 amide bonds. The number of hydrogen-bond acceptors (Lipinski definition) is 3. The van der Waals surface area contributed by atoms with Gasteiger partial charge in [0.05, 0.1) is 0 Å². The minimum atomic E-state index is -0.0448. The Morgan fingerprint density at radius 2 is 1.55 bits per heavy atom. The van der Waals surface area contributed by atoms with Crippen molar-refractivity contribution in [1.82, 2.24) is 0 Å². The van der Waals surface area contributed by atoms with E-state index in [0.29, 0.717) is 11.1 Å². The molecule has 22 heavy (non-hydrogen) atoms. The molecule has 0 saturated heterocycles. The van der Waals surface area contributed by atoms with E-state index < -0.39 is 0 Å². The summed E-state index contributed by atoms with van der Waals surface area (Å²) in [6, 6.07) is 16.6. The smallest absolute Gasteiger partial charge is 0.184 e. The first-order valence-corrected chi connectivity index (χ1v) is 7.39. The summed E-state index contributed by atoms with van der Waals surface area (Å²) in [6.07, 6.45) is 2.70. The van der Waals surface area contributed by atoms with Crippen LogP contribution in [0, 0.1) is 0 Å². The predicted molar refractivity (Wildman–Crippen MR) is 88.9 cm³/mol. The minimum absolute atomic E-state index is 0.0126. The van der Waals surface area contributed by atoms with E-state index in [1.165, 1.54) is 11.8 Å². The Bertz CT molecular complexity index is 658. The second-order valence-corrected chi connectivity index (χ2v) is 4.99. The van der Waals surface area contributed by atoms with Crippen LogP contribution in [-0.2, 0) is 6.42 Å². The molecule has 0 fully saturated rings. The minimum Gasteiger partial charge on any atom is -0.294 e. The van der Waals surface area contributed by atoms with Crippen molar-refractivity contribution in [2.75, 3.05) is 6.54 Å². The summed E-state index contributed by atoms with van der Waals surface area (Å²) in [4.78, 5) is 27.9. The highest BCUT2D eigenvalue weighted by molar-refractivity contribution is 6.04. The number of aliphatic imine (C=N–C) groups is 1. The molecule has 0 radical (unpaired) electrons. The van der Waals surface area contributed by atoms with Gasteiger partial charge in [-0.05, 0) is 12.0 Å². The highest BCUT2D eigenvalue weighted by atomic mass is 16.1. The fourth-order valence-electron chi connectivity index (χ4n) is 2.05. The Morgan fingerprint density at radius 3 is 2.18 bits per heavy atom. The lowest BCUT2D eigenvalue weighted by molar-refractivity contribution is 0.0990. The topological polar surface area (TPSA) is 46.5 Å². The Kier molecular flexibility index (Phi) is 5.78. The first kappa shape index (κ1) is 15.8. The van der Waals surface area contributed by atoms with Crippen molar-refractivity contribution in [3.05, 3.63) is 71.3 Å². The maximum atomic E-state index is 12.0. The molecule has 0 aromatic heterocycles. The fourth-order valence-corrected chi connectivity index (χ4v) is 2.05. The molecule has 2 aromatic carbocycles. The molecular formula is C19H19NO2. The third-order valence-corrected chi connectivity index (χ3v) is 3.42. The number of aryl methyl sites for hydroxylation is 1. The van der Waals surface area contributed by atoms with Crippen LogP contribution >= 0.6 is 0 Å². The van der Waals surface area contributed by atoms with Gasteiger partial charge >= 0.3 is 0 Å². The molecule has 0 atom stereocenters. The van der Waals surface area contributed by atoms with Crippen LogP contribution in [0.5, 0.6) is 0 Å². The Balaban J connectivity index is 1.84. The fraction of sp³-hybridized carbons (Fsp3) is 0.211. The highest BCUT2D eigenvalue weighted by Gasteiger charge is 2.05. The van der Waals surface area contributed by atoms with Gasteiger partial charge in [0.1, 0.15) is 6.54 Å². The van der Waals surface area contributed by atoms with Crippen molar-refractivity contribution in [3.63, 3.8) is 0 Å². The summed E-state index contributed by atoms with van der Waals surface area (Å²) in [5.41, 5.74) is 2.53. The van der Waals surface area contributed by atoms with E-state index in [2.05, 4.69) is 11.9 Å². The molecular weight excluding hydrogens is 274 g/mol. The predicted octanol–water partition coefficient (Wildman–Crippen LogP) is 3.78. The van der Waals surface area contributed by atoms with E-state index in [4.69, 9.17) is 0 Å². The Labute approximate surface area is 130 Å². The Hall–Kier alpha value is -2.55. The van der Waals surface area contributed by atoms with E-state index in [9.17, 15) is 9.59 Å². The van der Waals surface area contributed by atoms with Crippen molar-refractivity contribution in [2.45, 2.75) is 19.8 Å². The molecule has 0 aliphatic heterocycles. The van der Waals surface area contributed by atoms with Crippen molar-refractivity contribution in [3.8, 4) is 0 Å². The van der Waals surface area contributed by atoms with Gasteiger partial charge in [0, 0.05) is 23.8 Å². The SMILES string of the molecule is CCc1ccc(C(=O)CC=NCC(=O)c2ccccc2)cc1. The summed E-state index contributed by atoms with van der Waals surface area (Å²) in [7, 11) is 0. The van der Waals surface area contributed by atoms with E-state index in [1.807, 2.05) is 42.5 Å². The molecule has 0 spiro atoms. The number of benzene rings is 2. The van der Waals surface area contributed by atoms with Gasteiger partial charge < -0.3 is 0 Å². The van der Waals surface area contributed by atoms with Gasteiger partial charge in [-0.15, -0.1) is 0 Å². The third kappa shape index (κ3) is 4.48. The third-order valence-electron chi connectivity index (χ3n) is 3.42. The van der Waals surface area contributed by atoms with E-state index in [-0.39, 0.29) is 24.5 Å². The first-order valence-electron chi connectivity index (χ1n) is 7.39. The van der Waals surface area contributed by atoms with Crippen molar-refractivity contribution in [2.24, 2.45) is 4.99 Å². The largest absolute Gasteiger partial charge is 0.294 e. The van der Waals surface area contributed by atoms with Crippen molar-refractivity contribution in [1.29, 1.82) is 0 Å². The van der Waals surface area contributed by atoms with Crippen LogP contribution in [0.25, 0.3) is 0 Å². The summed E-state index contributed by atoms with van der Waals surface area (Å²) in [5.74, 6) is -0.0323. The molecule has 0 heterocycles. The lowest BCUT2D eigenvalue weighted by atomic mass is 10.1. The normalized spacial score (nSPS) is 10.8. The molecule has 2 rings (SSSR count). The molecule has 0 N–H and O–H groups in total. The maximum absolute atomic E-state index is 12.0. The second-order valence-electron chi connectivity index (χ2n) is 4.99. The maximum Gasteiger partial charge on any atom is 0.184 e. The monoisotopic (exact) mass is 293 g/mol. The van der Waals surface area contributed by atoms with Crippen LogP contribution in [0.2, 0.25) is 0 Å². The molecule has 3 nitrogen and oxygen atoms in total. The van der Waals surface area contributed by atoms with Crippen LogP contribution in [0.4, 0.5) is 0 Å². The van der Waals surface area contributed by atoms with Crippen LogP contribution in [0.15, 0.2) is 59.6 Å². The molecule has 3 heteroatoms. The number of nitrogens with zero attached hydrogens (tertiary/aromatic N) is 1. The zero-order valence-corrected chi connectivity index (χ0v) is 12.7. The molecule has 0 saturated carbocycles. The van der Waals surface area contributed by atoms with Gasteiger partial charge in [-0.1, -0.05) is 61.5 Å². The standard InChI is InChI=1S/C19H19NO2/c1-2-15-8-10-17(11-9-15)18(21)12-13-20-14-19(22)16-6-4-3-5-7-16/h3-11,13H,2,12,14H2,1H3. The van der Waals surface area contributed by atoms with Gasteiger partial charge in [-0.25, -0.2) is 0 Å². The summed E-state index contributed by atoms with van der Waals surface area (Å²) < 4.78 is 0. The average molecular weight is 293 g/mol. The van der Waals surface area contributed by atoms with E-state index in [1.54, 1.807) is 12.1 Å². The second kappa shape index (κ2) is 8.03. The first-order chi connectivity index (χ1) is 10.7. The van der Waals surface area contributed by atoms with E-state index >= 15 is 0 Å². The lowest BCUT2D eigenvalue weighted by Crippen LogP contribution is -2.04. The van der Waals surface area contributed by atoms with Gasteiger partial charge in [-0.3, -0.25) is 14.6 Å². The van der Waals surface area contributed by atoms with Crippen molar-refractivity contribution < 1.29 is 9.59 Å². The average Bonchev–Trinajstić information content (AvgIpc) is 2.59. The van der Waals surface area contributed by atoms with Gasteiger partial charge in [0.25, 0.3) is 0 Å². The highest BCUT2D eigenvalue weighted by Crippen LogP contribution is 2.07. The summed E-state index contributed by atoms with van der Waals surface area (Å²) in [5, 5.41) is 0. The van der Waals surface area contributed by atoms with Gasteiger partial charge in [0.2, 0.25) is 0 Å². The summed E-state index contributed by atoms with van der Waals surface area (Å²) in [6.45, 7) is 2.15. The zero-order chi connectivity index (χ0) is 15.8. The molecule has 2 aromatic rings. The molecule has 0 aliphatic carbocycles. The van der Waals surface area contributed by atoms with Crippen LogP contribution in [0.1, 0.15) is 39.6 Å². The van der Waals surface area contributed by atoms with E-state index in [0.717, 1.165) is 6.42 Å². The number of ketones is 2. The number of carbonyl (C=O) groups excluding carboxylic acids is 2. The molecule has 0 bridgehead atoms. The van der Waals surface area contributed by atoms with Crippen LogP contribution in [-0.4, -0.2) is 24.3 Å². The van der Waals surface area contributed by atoms with Crippen LogP contribution < -0.4 is 0 Å². The number of rotatable bonds is 7. The van der Waals surface area contributed by atoms with Crippen molar-refractivity contribution >= 4 is 17.8 Å². The van der Waals surface area contributed by atoms with Gasteiger partial charge in [-0.2, -0.15) is 0 Å². The number of carbonyl (C=O) groups is 2. The number of hydrogen-bond donors (Lipinski definition) is 0. The summed E-state index contributed by atoms with van der Waals surface area (Å²) >= 11 is 0. The Morgan fingerprint density at radius 1 is 0.909 bits per heavy atom. The number of Topliss-reactive ketones (excluding diaryl/α,β-unsaturated/α-hetero) is 2. The zero-order valence-electron chi connectivity index (χ0n) is 12.7. The quantitative estimate of drug-likeness (QED) is 0.576. The molecule has 0 unspecified atom stereocenters. The van der Waals surface area contributed by atoms with Gasteiger partial charge in [0.15, 0.2) is 11.6 Å².